The number of allylic oxidation sites excluding steroid dienone is 1. The van der Waals surface area contributed by atoms with Crippen LogP contribution in [0, 0.1) is 0 Å². The number of aliphatic imine (C=N–C) groups is 1. The van der Waals surface area contributed by atoms with E-state index in [1.54, 1.807) is 18.2 Å². The number of carbonyl (C=O) groups is 1. The lowest BCUT2D eigenvalue weighted by Gasteiger charge is -2.29. The number of nitrogens with one attached hydrogen (secondary N) is 3. The van der Waals surface area contributed by atoms with Gasteiger partial charge in [-0.05, 0) is 25.0 Å². The quantitative estimate of drug-likeness (QED) is 0.582. The number of ketones is 1. The lowest BCUT2D eigenvalue weighted by atomic mass is 9.88. The third kappa shape index (κ3) is 2.94. The Morgan fingerprint density at radius 3 is 2.96 bits per heavy atom. The first kappa shape index (κ1) is 17.3. The van der Waals surface area contributed by atoms with Crippen molar-refractivity contribution in [2.45, 2.75) is 25.3 Å². The summed E-state index contributed by atoms with van der Waals surface area (Å²) >= 11 is 12.2. The molecule has 1 atom stereocenters. The molecule has 10 heteroatoms. The van der Waals surface area contributed by atoms with Crippen LogP contribution in [0.25, 0.3) is 11.1 Å². The zero-order chi connectivity index (χ0) is 19.3. The highest BCUT2D eigenvalue weighted by Crippen LogP contribution is 2.38. The van der Waals surface area contributed by atoms with E-state index in [9.17, 15) is 4.79 Å². The van der Waals surface area contributed by atoms with Gasteiger partial charge in [-0.2, -0.15) is 10.1 Å². The molecule has 0 spiro atoms. The fourth-order valence-corrected chi connectivity index (χ4v) is 3.83. The van der Waals surface area contributed by atoms with E-state index in [1.165, 1.54) is 6.20 Å². The predicted molar refractivity (Wildman–Crippen MR) is 105 cm³/mol. The van der Waals surface area contributed by atoms with Crippen molar-refractivity contribution in [1.82, 2.24) is 20.5 Å². The Hall–Kier alpha value is -2.84. The number of oxazole rings is 1. The van der Waals surface area contributed by atoms with Crippen LogP contribution in [0.2, 0.25) is 10.0 Å². The van der Waals surface area contributed by atoms with Crippen LogP contribution in [0.4, 0.5) is 6.01 Å². The zero-order valence-electron chi connectivity index (χ0n) is 14.4. The molecule has 0 saturated carbocycles. The number of rotatable bonds is 2. The van der Waals surface area contributed by atoms with Crippen LogP contribution in [-0.2, 0) is 4.79 Å². The van der Waals surface area contributed by atoms with E-state index in [0.29, 0.717) is 44.8 Å². The normalized spacial score (nSPS) is 19.4. The number of benzene rings is 1. The number of aromatic amines is 1. The first-order chi connectivity index (χ1) is 13.6. The van der Waals surface area contributed by atoms with Gasteiger partial charge in [-0.3, -0.25) is 15.2 Å². The molecule has 1 unspecified atom stereocenters. The van der Waals surface area contributed by atoms with E-state index >= 15 is 0 Å². The molecule has 0 bridgehead atoms. The van der Waals surface area contributed by atoms with E-state index in [4.69, 9.17) is 27.6 Å². The Labute approximate surface area is 169 Å². The van der Waals surface area contributed by atoms with E-state index < -0.39 is 6.04 Å². The van der Waals surface area contributed by atoms with Crippen molar-refractivity contribution in [1.29, 1.82) is 0 Å². The molecule has 3 heterocycles. The van der Waals surface area contributed by atoms with E-state index in [-0.39, 0.29) is 11.8 Å². The fraction of sp³-hybridized carbons (Fsp3) is 0.222. The number of nitrogens with zero attached hydrogens (tertiary/aromatic N) is 3. The molecule has 1 aliphatic heterocycles. The molecule has 2 aliphatic rings. The van der Waals surface area contributed by atoms with Gasteiger partial charge in [-0.15, -0.1) is 0 Å². The number of anilines is 1. The summed E-state index contributed by atoms with van der Waals surface area (Å²) in [5.74, 6) is 0.477. The number of fused-ring (bicyclic) bond motifs is 1. The Morgan fingerprint density at radius 2 is 2.14 bits per heavy atom. The van der Waals surface area contributed by atoms with Crippen LogP contribution in [0.1, 0.15) is 31.0 Å². The van der Waals surface area contributed by atoms with Crippen LogP contribution in [-0.4, -0.2) is 26.9 Å². The summed E-state index contributed by atoms with van der Waals surface area (Å²) in [6.45, 7) is 0. The molecular weight excluding hydrogens is 403 g/mol. The molecule has 28 heavy (non-hydrogen) atoms. The standard InChI is InChI=1S/C18H14Cl2N6O2/c19-8-4-5-10-13(6-8)28-18(23-10)25-17-22-11-2-1-3-12(27)14(11)16(24-17)15-9(20)7-21-26-15/h4-7,16H,1-3H2,(H,21,26)(H2,22,23,24,25). The van der Waals surface area contributed by atoms with Gasteiger partial charge in [-0.1, -0.05) is 23.2 Å². The Bertz CT molecular complexity index is 1160. The number of aromatic nitrogens is 3. The highest BCUT2D eigenvalue weighted by atomic mass is 35.5. The maximum absolute atomic E-state index is 12.6. The Kier molecular flexibility index (Phi) is 4.10. The van der Waals surface area contributed by atoms with Crippen molar-refractivity contribution in [3.63, 3.8) is 0 Å². The number of carbonyl (C=O) groups excluding carboxylic acids is 1. The minimum Gasteiger partial charge on any atom is -0.423 e. The molecule has 3 aromatic rings. The van der Waals surface area contributed by atoms with Crippen molar-refractivity contribution in [2.24, 2.45) is 4.99 Å². The van der Waals surface area contributed by atoms with Crippen molar-refractivity contribution in [3.05, 3.63) is 51.4 Å². The smallest absolute Gasteiger partial charge is 0.302 e. The number of halogens is 2. The van der Waals surface area contributed by atoms with Gasteiger partial charge in [0.05, 0.1) is 16.9 Å². The first-order valence-corrected chi connectivity index (χ1v) is 9.47. The second-order valence-electron chi connectivity index (χ2n) is 6.56. The minimum absolute atomic E-state index is 0.0590. The average molecular weight is 417 g/mol. The minimum atomic E-state index is -0.569. The summed E-state index contributed by atoms with van der Waals surface area (Å²) in [4.78, 5) is 21.6. The number of hydrogen-bond donors (Lipinski definition) is 3. The van der Waals surface area contributed by atoms with Crippen molar-refractivity contribution < 1.29 is 9.21 Å². The van der Waals surface area contributed by atoms with Crippen LogP contribution < -0.4 is 10.6 Å². The summed E-state index contributed by atoms with van der Waals surface area (Å²) < 4.78 is 5.70. The van der Waals surface area contributed by atoms with Crippen molar-refractivity contribution in [3.8, 4) is 0 Å². The molecule has 0 radical (unpaired) electrons. The predicted octanol–water partition coefficient (Wildman–Crippen LogP) is 3.98. The Morgan fingerprint density at radius 1 is 1.25 bits per heavy atom. The number of H-pyrrole nitrogens is 1. The largest absolute Gasteiger partial charge is 0.423 e. The molecule has 8 nitrogen and oxygen atoms in total. The zero-order valence-corrected chi connectivity index (χ0v) is 15.9. The highest BCUT2D eigenvalue weighted by Gasteiger charge is 2.34. The van der Waals surface area contributed by atoms with E-state index in [0.717, 1.165) is 18.5 Å². The third-order valence-electron chi connectivity index (χ3n) is 4.73. The lowest BCUT2D eigenvalue weighted by Crippen LogP contribution is -2.38. The van der Waals surface area contributed by atoms with Gasteiger partial charge >= 0.3 is 6.01 Å². The van der Waals surface area contributed by atoms with Gasteiger partial charge < -0.3 is 9.73 Å². The number of Topliss-reactive ketones (excluding diaryl/α,β-unsaturated/α-hetero) is 1. The van der Waals surface area contributed by atoms with Crippen LogP contribution in [0.15, 0.2) is 45.1 Å². The highest BCUT2D eigenvalue weighted by molar-refractivity contribution is 6.31. The van der Waals surface area contributed by atoms with Gasteiger partial charge in [0.2, 0.25) is 5.96 Å². The van der Waals surface area contributed by atoms with Crippen LogP contribution >= 0.6 is 23.2 Å². The summed E-state index contributed by atoms with van der Waals surface area (Å²) in [5.41, 5.74) is 3.25. The van der Waals surface area contributed by atoms with Crippen LogP contribution in [0.3, 0.4) is 0 Å². The molecule has 5 rings (SSSR count). The Balaban J connectivity index is 1.52. The average Bonchev–Trinajstić information content (AvgIpc) is 3.26. The molecule has 1 aromatic carbocycles. The van der Waals surface area contributed by atoms with Gasteiger partial charge in [0.1, 0.15) is 11.6 Å². The maximum Gasteiger partial charge on any atom is 0.302 e. The van der Waals surface area contributed by atoms with Crippen LogP contribution in [0.5, 0.6) is 0 Å². The molecule has 1 aliphatic carbocycles. The fourth-order valence-electron chi connectivity index (χ4n) is 3.48. The number of guanidine groups is 1. The van der Waals surface area contributed by atoms with Crippen molar-refractivity contribution in [2.75, 3.05) is 5.32 Å². The molecular formula is C18H14Cl2N6O2. The van der Waals surface area contributed by atoms with Crippen molar-refractivity contribution >= 4 is 52.1 Å². The van der Waals surface area contributed by atoms with E-state index in [1.807, 2.05) is 0 Å². The summed E-state index contributed by atoms with van der Waals surface area (Å²) in [5, 5.41) is 14.0. The molecule has 2 aromatic heterocycles. The molecule has 0 amide bonds. The molecule has 3 N–H and O–H groups in total. The second kappa shape index (κ2) is 6.65. The van der Waals surface area contributed by atoms with Gasteiger partial charge in [0.15, 0.2) is 11.4 Å². The first-order valence-electron chi connectivity index (χ1n) is 8.71. The third-order valence-corrected chi connectivity index (χ3v) is 5.26. The summed E-state index contributed by atoms with van der Waals surface area (Å²) in [6.07, 6.45) is 3.52. The topological polar surface area (TPSA) is 108 Å². The van der Waals surface area contributed by atoms with Gasteiger partial charge in [0.25, 0.3) is 0 Å². The lowest BCUT2D eigenvalue weighted by molar-refractivity contribution is -0.116. The SMILES string of the molecule is O=C1CCCC2=C1C(c1[nH]ncc1Cl)N=C(Nc1nc3ccc(Cl)cc3o1)N2. The van der Waals surface area contributed by atoms with E-state index in [2.05, 4.69) is 30.8 Å². The second-order valence-corrected chi connectivity index (χ2v) is 7.41. The van der Waals surface area contributed by atoms with Gasteiger partial charge in [-0.25, -0.2) is 4.99 Å². The summed E-state index contributed by atoms with van der Waals surface area (Å²) in [7, 11) is 0. The number of hydrogen-bond acceptors (Lipinski definition) is 7. The summed E-state index contributed by atoms with van der Waals surface area (Å²) in [6, 6.07) is 4.91. The maximum atomic E-state index is 12.6. The monoisotopic (exact) mass is 416 g/mol. The molecule has 0 saturated heterocycles. The molecule has 0 fully saturated rings. The van der Waals surface area contributed by atoms with Gasteiger partial charge in [0, 0.05) is 28.8 Å². The molecule has 142 valence electrons.